The number of hydrogen-bond donors (Lipinski definition) is 1. The minimum Gasteiger partial charge on any atom is -0.496 e. The number of aromatic amines is 1. The molecular weight excluding hydrogens is 436 g/mol. The predicted molar refractivity (Wildman–Crippen MR) is 142 cm³/mol. The van der Waals surface area contributed by atoms with E-state index < -0.39 is 0 Å². The summed E-state index contributed by atoms with van der Waals surface area (Å²) in [6, 6.07) is 18.4. The monoisotopic (exact) mass is 466 g/mol. The number of likely N-dealkylation sites (N-methyl/N-ethyl adjacent to an activating group) is 1. The van der Waals surface area contributed by atoms with Crippen molar-refractivity contribution in [1.29, 1.82) is 0 Å². The van der Waals surface area contributed by atoms with Crippen LogP contribution in [0.25, 0.3) is 44.2 Å². The standard InChI is InChI=1S/C29H30N4O2/c1-4-33(5-2)15-16-35-22-10-8-20(9-11-22)28-27(34-3)13-12-24-29(28)23-17-25(31-19-26(23)32-24)21-7-6-14-30-18-21/h6-14,17-19,32H,4-5,15-16H2,1-3H3. The highest BCUT2D eigenvalue weighted by Gasteiger charge is 2.17. The van der Waals surface area contributed by atoms with Crippen molar-refractivity contribution in [3.63, 3.8) is 0 Å². The summed E-state index contributed by atoms with van der Waals surface area (Å²) in [5, 5.41) is 2.21. The van der Waals surface area contributed by atoms with Crippen molar-refractivity contribution in [2.45, 2.75) is 13.8 Å². The van der Waals surface area contributed by atoms with Crippen LogP contribution in [0.4, 0.5) is 0 Å². The van der Waals surface area contributed by atoms with E-state index in [0.717, 1.165) is 75.3 Å². The number of aromatic nitrogens is 3. The van der Waals surface area contributed by atoms with Crippen molar-refractivity contribution in [3.05, 3.63) is 73.2 Å². The summed E-state index contributed by atoms with van der Waals surface area (Å²) in [4.78, 5) is 14.8. The van der Waals surface area contributed by atoms with Gasteiger partial charge in [0.1, 0.15) is 18.1 Å². The van der Waals surface area contributed by atoms with Gasteiger partial charge in [-0.2, -0.15) is 0 Å². The van der Waals surface area contributed by atoms with Crippen molar-refractivity contribution in [2.75, 3.05) is 33.4 Å². The van der Waals surface area contributed by atoms with Gasteiger partial charge in [-0.15, -0.1) is 0 Å². The van der Waals surface area contributed by atoms with E-state index in [-0.39, 0.29) is 0 Å². The van der Waals surface area contributed by atoms with Gasteiger partial charge in [0.05, 0.1) is 24.5 Å². The van der Waals surface area contributed by atoms with Crippen molar-refractivity contribution >= 4 is 21.8 Å². The number of fused-ring (bicyclic) bond motifs is 3. The fourth-order valence-corrected chi connectivity index (χ4v) is 4.55. The zero-order chi connectivity index (χ0) is 24.2. The highest BCUT2D eigenvalue weighted by atomic mass is 16.5. The third-order valence-corrected chi connectivity index (χ3v) is 6.50. The second-order valence-electron chi connectivity index (χ2n) is 8.45. The van der Waals surface area contributed by atoms with Gasteiger partial charge in [-0.05, 0) is 61.1 Å². The van der Waals surface area contributed by atoms with Crippen molar-refractivity contribution in [2.24, 2.45) is 0 Å². The Morgan fingerprint density at radius 2 is 1.74 bits per heavy atom. The average Bonchev–Trinajstić information content (AvgIpc) is 3.29. The Hall–Kier alpha value is -3.90. The molecule has 0 saturated heterocycles. The van der Waals surface area contributed by atoms with Crippen LogP contribution in [0.15, 0.2) is 73.2 Å². The maximum atomic E-state index is 6.00. The van der Waals surface area contributed by atoms with Crippen LogP contribution < -0.4 is 9.47 Å². The Balaban J connectivity index is 1.54. The Bertz CT molecular complexity index is 1420. The molecule has 0 aliphatic rings. The molecule has 5 aromatic rings. The second kappa shape index (κ2) is 10.2. The van der Waals surface area contributed by atoms with E-state index in [1.807, 2.05) is 42.7 Å². The van der Waals surface area contributed by atoms with Gasteiger partial charge in [-0.25, -0.2) is 0 Å². The minimum absolute atomic E-state index is 0.673. The fraction of sp³-hybridized carbons (Fsp3) is 0.241. The first kappa shape index (κ1) is 22.9. The molecule has 2 aromatic carbocycles. The van der Waals surface area contributed by atoms with Crippen LogP contribution in [0.3, 0.4) is 0 Å². The topological polar surface area (TPSA) is 63.3 Å². The van der Waals surface area contributed by atoms with Gasteiger partial charge in [0.25, 0.3) is 0 Å². The molecule has 3 aromatic heterocycles. The molecular formula is C29H30N4O2. The van der Waals surface area contributed by atoms with E-state index in [1.54, 1.807) is 13.3 Å². The van der Waals surface area contributed by atoms with E-state index in [4.69, 9.17) is 9.47 Å². The van der Waals surface area contributed by atoms with Crippen LogP contribution in [0, 0.1) is 0 Å². The molecule has 178 valence electrons. The number of methoxy groups -OCH3 is 1. The summed E-state index contributed by atoms with van der Waals surface area (Å²) >= 11 is 0. The molecule has 6 heteroatoms. The van der Waals surface area contributed by atoms with E-state index in [1.165, 1.54) is 0 Å². The molecule has 3 heterocycles. The van der Waals surface area contributed by atoms with Crippen molar-refractivity contribution in [3.8, 4) is 33.9 Å². The fourth-order valence-electron chi connectivity index (χ4n) is 4.55. The maximum Gasteiger partial charge on any atom is 0.127 e. The number of rotatable bonds is 9. The molecule has 6 nitrogen and oxygen atoms in total. The molecule has 1 N–H and O–H groups in total. The zero-order valence-corrected chi connectivity index (χ0v) is 20.4. The quantitative estimate of drug-likeness (QED) is 0.281. The van der Waals surface area contributed by atoms with Gasteiger partial charge in [0, 0.05) is 46.4 Å². The summed E-state index contributed by atoms with van der Waals surface area (Å²) in [5.41, 5.74) is 6.02. The molecule has 5 rings (SSSR count). The maximum absolute atomic E-state index is 6.00. The lowest BCUT2D eigenvalue weighted by atomic mass is 9.98. The van der Waals surface area contributed by atoms with Crippen LogP contribution in [0.2, 0.25) is 0 Å². The smallest absolute Gasteiger partial charge is 0.127 e. The largest absolute Gasteiger partial charge is 0.496 e. The van der Waals surface area contributed by atoms with Gasteiger partial charge in [0.15, 0.2) is 0 Å². The number of nitrogens with zero attached hydrogens (tertiary/aromatic N) is 3. The third-order valence-electron chi connectivity index (χ3n) is 6.50. The van der Waals surface area contributed by atoms with Gasteiger partial charge < -0.3 is 19.4 Å². The second-order valence-corrected chi connectivity index (χ2v) is 8.45. The molecule has 0 radical (unpaired) electrons. The summed E-state index contributed by atoms with van der Waals surface area (Å²) in [7, 11) is 1.72. The minimum atomic E-state index is 0.673. The normalized spacial score (nSPS) is 11.4. The first-order chi connectivity index (χ1) is 17.2. The van der Waals surface area contributed by atoms with Crippen molar-refractivity contribution < 1.29 is 9.47 Å². The molecule has 35 heavy (non-hydrogen) atoms. The SMILES string of the molecule is CCN(CC)CCOc1ccc(-c2c(OC)ccc3[nH]c4cnc(-c5cccnc5)cc4c23)cc1. The molecule has 0 fully saturated rings. The molecule has 0 unspecified atom stereocenters. The lowest BCUT2D eigenvalue weighted by Gasteiger charge is -2.18. The number of hydrogen-bond acceptors (Lipinski definition) is 5. The summed E-state index contributed by atoms with van der Waals surface area (Å²) in [6.45, 7) is 8.01. The van der Waals surface area contributed by atoms with E-state index in [9.17, 15) is 0 Å². The highest BCUT2D eigenvalue weighted by molar-refractivity contribution is 6.16. The van der Waals surface area contributed by atoms with Gasteiger partial charge in [-0.1, -0.05) is 26.0 Å². The van der Waals surface area contributed by atoms with Gasteiger partial charge in [0.2, 0.25) is 0 Å². The third kappa shape index (κ3) is 4.57. The molecule has 0 atom stereocenters. The molecule has 0 amide bonds. The molecule has 0 bridgehead atoms. The summed E-state index contributed by atoms with van der Waals surface area (Å²) in [6.07, 6.45) is 5.50. The first-order valence-electron chi connectivity index (χ1n) is 12.1. The lowest BCUT2D eigenvalue weighted by molar-refractivity contribution is 0.223. The molecule has 0 aliphatic heterocycles. The van der Waals surface area contributed by atoms with E-state index in [0.29, 0.717) is 6.61 Å². The number of pyridine rings is 2. The Morgan fingerprint density at radius 3 is 2.46 bits per heavy atom. The lowest BCUT2D eigenvalue weighted by Crippen LogP contribution is -2.27. The number of nitrogens with one attached hydrogen (secondary N) is 1. The predicted octanol–water partition coefficient (Wildman–Crippen LogP) is 6.17. The Kier molecular flexibility index (Phi) is 6.64. The van der Waals surface area contributed by atoms with Crippen LogP contribution in [-0.2, 0) is 0 Å². The molecule has 0 saturated carbocycles. The van der Waals surface area contributed by atoms with Crippen LogP contribution in [0.1, 0.15) is 13.8 Å². The van der Waals surface area contributed by atoms with Crippen LogP contribution >= 0.6 is 0 Å². The summed E-state index contributed by atoms with van der Waals surface area (Å²) < 4.78 is 11.8. The summed E-state index contributed by atoms with van der Waals surface area (Å²) in [5.74, 6) is 1.70. The Labute approximate surface area is 205 Å². The molecule has 0 aliphatic carbocycles. The zero-order valence-electron chi connectivity index (χ0n) is 20.4. The van der Waals surface area contributed by atoms with Crippen LogP contribution in [-0.4, -0.2) is 53.2 Å². The average molecular weight is 467 g/mol. The van der Waals surface area contributed by atoms with Gasteiger partial charge >= 0.3 is 0 Å². The van der Waals surface area contributed by atoms with Gasteiger partial charge in [-0.3, -0.25) is 9.97 Å². The van der Waals surface area contributed by atoms with E-state index in [2.05, 4.69) is 58.0 Å². The number of H-pyrrole nitrogens is 1. The Morgan fingerprint density at radius 1 is 0.914 bits per heavy atom. The number of ether oxygens (including phenoxy) is 2. The van der Waals surface area contributed by atoms with Crippen LogP contribution in [0.5, 0.6) is 11.5 Å². The van der Waals surface area contributed by atoms with E-state index >= 15 is 0 Å². The number of benzene rings is 2. The highest BCUT2D eigenvalue weighted by Crippen LogP contribution is 2.41. The van der Waals surface area contributed by atoms with Crippen molar-refractivity contribution in [1.82, 2.24) is 19.9 Å². The molecule has 0 spiro atoms. The first-order valence-corrected chi connectivity index (χ1v) is 12.1.